The van der Waals surface area contributed by atoms with Crippen LogP contribution in [0.4, 0.5) is 0 Å². The Morgan fingerprint density at radius 1 is 0.265 bits per heavy atom. The molecule has 0 saturated carbocycles. The lowest BCUT2D eigenvalue weighted by atomic mass is 9.92. The molecule has 9 aromatic carbocycles. The zero-order valence-electron chi connectivity index (χ0n) is 26.6. The monoisotopic (exact) mass is 620 g/mol. The molecule has 226 valence electrons. The van der Waals surface area contributed by atoms with Gasteiger partial charge in [0, 0.05) is 10.8 Å². The van der Waals surface area contributed by atoms with Gasteiger partial charge in [-0.05, 0) is 124 Å². The van der Waals surface area contributed by atoms with Crippen molar-refractivity contribution in [2.24, 2.45) is 0 Å². The van der Waals surface area contributed by atoms with E-state index in [1.165, 1.54) is 88.0 Å². The average Bonchev–Trinajstić information content (AvgIpc) is 3.70. The van der Waals surface area contributed by atoms with Gasteiger partial charge < -0.3 is 4.42 Å². The van der Waals surface area contributed by atoms with Crippen LogP contribution in [0.15, 0.2) is 174 Å². The summed E-state index contributed by atoms with van der Waals surface area (Å²) in [6.07, 6.45) is 0. The molecule has 0 radical (unpaired) electrons. The number of hydrogen-bond donors (Lipinski definition) is 0. The quantitative estimate of drug-likeness (QED) is 0.192. The first-order valence-corrected chi connectivity index (χ1v) is 16.9. The van der Waals surface area contributed by atoms with E-state index in [0.717, 1.165) is 21.9 Å². The Morgan fingerprint density at radius 3 is 1.59 bits per heavy atom. The highest BCUT2D eigenvalue weighted by Crippen LogP contribution is 2.49. The van der Waals surface area contributed by atoms with Crippen LogP contribution in [0, 0.1) is 0 Å². The number of furan rings is 1. The predicted molar refractivity (Wildman–Crippen MR) is 207 cm³/mol. The van der Waals surface area contributed by atoms with Gasteiger partial charge in [0.2, 0.25) is 0 Å². The minimum absolute atomic E-state index is 0.910. The van der Waals surface area contributed by atoms with Crippen molar-refractivity contribution >= 4 is 54.3 Å². The summed E-state index contributed by atoms with van der Waals surface area (Å²) in [5.74, 6) is 0. The van der Waals surface area contributed by atoms with E-state index >= 15 is 0 Å². The fourth-order valence-electron chi connectivity index (χ4n) is 8.25. The van der Waals surface area contributed by atoms with Gasteiger partial charge in [-0.3, -0.25) is 0 Å². The first-order chi connectivity index (χ1) is 24.3. The summed E-state index contributed by atoms with van der Waals surface area (Å²) in [7, 11) is 0. The zero-order valence-corrected chi connectivity index (χ0v) is 26.6. The number of fused-ring (bicyclic) bond motifs is 8. The summed E-state index contributed by atoms with van der Waals surface area (Å²) < 4.78 is 6.31. The maximum atomic E-state index is 6.31. The van der Waals surface area contributed by atoms with E-state index in [-0.39, 0.29) is 0 Å². The van der Waals surface area contributed by atoms with Crippen LogP contribution < -0.4 is 0 Å². The molecule has 0 saturated heterocycles. The van der Waals surface area contributed by atoms with Gasteiger partial charge in [-0.25, -0.2) is 0 Å². The van der Waals surface area contributed by atoms with Crippen molar-refractivity contribution in [3.05, 3.63) is 170 Å². The summed E-state index contributed by atoms with van der Waals surface area (Å²) >= 11 is 0. The largest absolute Gasteiger partial charge is 0.456 e. The van der Waals surface area contributed by atoms with Gasteiger partial charge in [-0.1, -0.05) is 133 Å². The molecule has 1 heteroatoms. The van der Waals surface area contributed by atoms with Gasteiger partial charge in [-0.2, -0.15) is 0 Å². The van der Waals surface area contributed by atoms with E-state index in [1.54, 1.807) is 0 Å². The standard InChI is InChI=1S/C48H28O/c1-2-9-36-29(7-1)8-5-12-37(36)35-20-24-47-45(28-35)44-27-33(19-23-46(44)49-47)31-15-16-32-26-34(18-17-30(32)25-31)38-21-22-43-40-11-4-3-10-39(40)42-14-6-13-41(38)48(42)43/h1-28H. The molecule has 0 spiro atoms. The Hall–Kier alpha value is -6.44. The maximum Gasteiger partial charge on any atom is 0.135 e. The molecule has 1 heterocycles. The molecule has 0 unspecified atom stereocenters. The minimum Gasteiger partial charge on any atom is -0.456 e. The van der Waals surface area contributed by atoms with Crippen molar-refractivity contribution in [3.8, 4) is 55.6 Å². The second kappa shape index (κ2) is 10.0. The smallest absolute Gasteiger partial charge is 0.135 e. The molecule has 0 atom stereocenters. The fourth-order valence-corrected chi connectivity index (χ4v) is 8.25. The van der Waals surface area contributed by atoms with E-state index in [1.807, 2.05) is 0 Å². The molecule has 10 aromatic rings. The van der Waals surface area contributed by atoms with Crippen molar-refractivity contribution in [2.75, 3.05) is 0 Å². The van der Waals surface area contributed by atoms with E-state index in [9.17, 15) is 0 Å². The average molecular weight is 621 g/mol. The number of rotatable bonds is 3. The lowest BCUT2D eigenvalue weighted by Gasteiger charge is -2.11. The molecule has 0 aliphatic heterocycles. The Kier molecular flexibility index (Phi) is 5.45. The van der Waals surface area contributed by atoms with Crippen LogP contribution in [0.1, 0.15) is 0 Å². The predicted octanol–water partition coefficient (Wildman–Crippen LogP) is 13.7. The van der Waals surface area contributed by atoms with Crippen molar-refractivity contribution in [3.63, 3.8) is 0 Å². The molecule has 1 nitrogen and oxygen atoms in total. The molecular weight excluding hydrogens is 593 g/mol. The Balaban J connectivity index is 0.989. The lowest BCUT2D eigenvalue weighted by molar-refractivity contribution is 0.669. The summed E-state index contributed by atoms with van der Waals surface area (Å²) in [4.78, 5) is 0. The molecular formula is C48H28O. The van der Waals surface area contributed by atoms with E-state index in [0.29, 0.717) is 0 Å². The second-order valence-electron chi connectivity index (χ2n) is 13.3. The molecule has 1 aliphatic rings. The highest BCUT2D eigenvalue weighted by atomic mass is 16.3. The molecule has 11 rings (SSSR count). The van der Waals surface area contributed by atoms with Crippen molar-refractivity contribution in [1.82, 2.24) is 0 Å². The first-order valence-electron chi connectivity index (χ1n) is 16.9. The molecule has 0 amide bonds. The van der Waals surface area contributed by atoms with Crippen LogP contribution in [0.3, 0.4) is 0 Å². The molecule has 49 heavy (non-hydrogen) atoms. The van der Waals surface area contributed by atoms with E-state index in [4.69, 9.17) is 4.42 Å². The minimum atomic E-state index is 0.910. The molecule has 0 bridgehead atoms. The summed E-state index contributed by atoms with van der Waals surface area (Å²) in [5, 5.41) is 9.93. The van der Waals surface area contributed by atoms with E-state index in [2.05, 4.69) is 170 Å². The third kappa shape index (κ3) is 3.94. The van der Waals surface area contributed by atoms with Gasteiger partial charge in [0.15, 0.2) is 0 Å². The number of benzene rings is 9. The van der Waals surface area contributed by atoms with Gasteiger partial charge >= 0.3 is 0 Å². The highest BCUT2D eigenvalue weighted by molar-refractivity contribution is 6.19. The van der Waals surface area contributed by atoms with Crippen molar-refractivity contribution in [2.45, 2.75) is 0 Å². The van der Waals surface area contributed by atoms with Crippen molar-refractivity contribution < 1.29 is 4.42 Å². The van der Waals surface area contributed by atoms with Crippen molar-refractivity contribution in [1.29, 1.82) is 0 Å². The summed E-state index contributed by atoms with van der Waals surface area (Å²) in [6.45, 7) is 0. The van der Waals surface area contributed by atoms with Crippen LogP contribution in [0.5, 0.6) is 0 Å². The lowest BCUT2D eigenvalue weighted by Crippen LogP contribution is -1.85. The zero-order chi connectivity index (χ0) is 32.1. The third-order valence-electron chi connectivity index (χ3n) is 10.6. The van der Waals surface area contributed by atoms with Crippen LogP contribution in [0.25, 0.3) is 110 Å². The first kappa shape index (κ1) is 26.6. The summed E-state index contributed by atoms with van der Waals surface area (Å²) in [6, 6.07) is 62.1. The number of hydrogen-bond acceptors (Lipinski definition) is 1. The molecule has 0 N–H and O–H groups in total. The van der Waals surface area contributed by atoms with Gasteiger partial charge in [0.25, 0.3) is 0 Å². The van der Waals surface area contributed by atoms with Crippen LogP contribution in [-0.2, 0) is 0 Å². The Morgan fingerprint density at radius 2 is 0.755 bits per heavy atom. The topological polar surface area (TPSA) is 13.1 Å². The van der Waals surface area contributed by atoms with Gasteiger partial charge in [-0.15, -0.1) is 0 Å². The Bertz CT molecular complexity index is 2960. The molecule has 1 aromatic heterocycles. The van der Waals surface area contributed by atoms with Crippen LogP contribution >= 0.6 is 0 Å². The Labute approximate surface area is 283 Å². The normalized spacial score (nSPS) is 12.1. The third-order valence-corrected chi connectivity index (χ3v) is 10.6. The molecule has 1 aliphatic carbocycles. The second-order valence-corrected chi connectivity index (χ2v) is 13.3. The highest BCUT2D eigenvalue weighted by Gasteiger charge is 2.22. The molecule has 0 fully saturated rings. The maximum absolute atomic E-state index is 6.31. The van der Waals surface area contributed by atoms with Crippen LogP contribution in [0.2, 0.25) is 0 Å². The van der Waals surface area contributed by atoms with Gasteiger partial charge in [0.1, 0.15) is 11.2 Å². The fraction of sp³-hybridized carbons (Fsp3) is 0. The van der Waals surface area contributed by atoms with Gasteiger partial charge in [0.05, 0.1) is 0 Å². The SMILES string of the molecule is c1ccc2c(c1)-c1cccc3c(-c4ccc5cc(-c6ccc7oc8ccc(-c9cccc%10ccccc9%10)cc8c7c6)ccc5c4)ccc-2c13. The summed E-state index contributed by atoms with van der Waals surface area (Å²) in [5.41, 5.74) is 14.5. The van der Waals surface area contributed by atoms with Crippen LogP contribution in [-0.4, -0.2) is 0 Å². The van der Waals surface area contributed by atoms with E-state index < -0.39 is 0 Å².